The fraction of sp³-hybridized carbons (Fsp3) is 0.111. The Kier molecular flexibility index (Phi) is 2.30. The Bertz CT molecular complexity index is 283. The van der Waals surface area contributed by atoms with Gasteiger partial charge in [0.1, 0.15) is 0 Å². The molecule has 1 heterocycles. The van der Waals surface area contributed by atoms with Crippen LogP contribution in [-0.2, 0) is 0 Å². The van der Waals surface area contributed by atoms with Crippen molar-refractivity contribution in [2.45, 2.75) is 6.92 Å². The summed E-state index contributed by atoms with van der Waals surface area (Å²) < 4.78 is 0. The molecule has 1 rings (SSSR count). The topological polar surface area (TPSA) is 0 Å². The van der Waals surface area contributed by atoms with E-state index in [-0.39, 0.29) is 0 Å². The highest BCUT2D eigenvalue weighted by Gasteiger charge is 1.88. The zero-order valence-electron chi connectivity index (χ0n) is 5.85. The van der Waals surface area contributed by atoms with E-state index in [1.165, 1.54) is 4.88 Å². The van der Waals surface area contributed by atoms with Crippen LogP contribution in [0.5, 0.6) is 0 Å². The first kappa shape index (κ1) is 7.11. The largest absolute Gasteiger partial charge is 0.132 e. The van der Waals surface area contributed by atoms with Gasteiger partial charge in [-0.15, -0.1) is 11.3 Å². The third-order valence-electron chi connectivity index (χ3n) is 1.04. The van der Waals surface area contributed by atoms with Gasteiger partial charge in [0.25, 0.3) is 0 Å². The van der Waals surface area contributed by atoms with E-state index in [4.69, 9.17) is 0 Å². The van der Waals surface area contributed by atoms with E-state index in [0.717, 1.165) is 4.88 Å². The molecule has 10 heavy (non-hydrogen) atoms. The highest BCUT2D eigenvalue weighted by atomic mass is 32.1. The molecule has 0 aliphatic rings. The lowest BCUT2D eigenvalue weighted by Crippen LogP contribution is -1.55. The number of aryl methyl sites for hydroxylation is 1. The van der Waals surface area contributed by atoms with Crippen LogP contribution in [0.4, 0.5) is 0 Å². The van der Waals surface area contributed by atoms with Gasteiger partial charge in [-0.2, -0.15) is 0 Å². The predicted octanol–water partition coefficient (Wildman–Crippen LogP) is 2.59. The molecule has 0 radical (unpaired) electrons. The standard InChI is InChI=1S/C9H8S/c1-3-4-5-9-7-6-8(2)10-9/h3,6-7H,1H2,2H3. The molecule has 0 unspecified atom stereocenters. The maximum absolute atomic E-state index is 3.51. The van der Waals surface area contributed by atoms with E-state index < -0.39 is 0 Å². The maximum atomic E-state index is 3.51. The van der Waals surface area contributed by atoms with Gasteiger partial charge < -0.3 is 0 Å². The monoisotopic (exact) mass is 148 g/mol. The average molecular weight is 148 g/mol. The molecule has 0 atom stereocenters. The summed E-state index contributed by atoms with van der Waals surface area (Å²) in [5.74, 6) is 5.77. The third-order valence-corrected chi connectivity index (χ3v) is 1.95. The number of allylic oxidation sites excluding steroid dienone is 1. The fourth-order valence-electron chi connectivity index (χ4n) is 0.624. The molecule has 1 aromatic heterocycles. The summed E-state index contributed by atoms with van der Waals surface area (Å²) in [5.41, 5.74) is 0. The van der Waals surface area contributed by atoms with Gasteiger partial charge in [0, 0.05) is 4.88 Å². The van der Waals surface area contributed by atoms with Crippen molar-refractivity contribution in [1.82, 2.24) is 0 Å². The molecule has 0 fully saturated rings. The fourth-order valence-corrected chi connectivity index (χ4v) is 1.35. The van der Waals surface area contributed by atoms with Crippen LogP contribution in [0.1, 0.15) is 9.75 Å². The van der Waals surface area contributed by atoms with Crippen molar-refractivity contribution < 1.29 is 0 Å². The van der Waals surface area contributed by atoms with Crippen molar-refractivity contribution in [3.63, 3.8) is 0 Å². The summed E-state index contributed by atoms with van der Waals surface area (Å²) in [5, 5.41) is 0. The zero-order chi connectivity index (χ0) is 7.40. The van der Waals surface area contributed by atoms with E-state index in [9.17, 15) is 0 Å². The molecule has 0 aliphatic carbocycles. The molecule has 0 aliphatic heterocycles. The van der Waals surface area contributed by atoms with E-state index in [1.807, 2.05) is 6.07 Å². The molecular weight excluding hydrogens is 140 g/mol. The minimum atomic E-state index is 1.11. The second-order valence-electron chi connectivity index (χ2n) is 1.88. The van der Waals surface area contributed by atoms with Gasteiger partial charge in [0.05, 0.1) is 4.88 Å². The van der Waals surface area contributed by atoms with Gasteiger partial charge in [0.15, 0.2) is 0 Å². The van der Waals surface area contributed by atoms with Crippen molar-refractivity contribution >= 4 is 11.3 Å². The molecule has 1 heteroatoms. The summed E-state index contributed by atoms with van der Waals surface area (Å²) in [6, 6.07) is 4.09. The Hall–Kier alpha value is -1.000. The van der Waals surface area contributed by atoms with Crippen LogP contribution in [0.15, 0.2) is 24.8 Å². The average Bonchev–Trinajstić information content (AvgIpc) is 2.31. The Balaban J connectivity index is 2.85. The molecule has 0 spiro atoms. The number of rotatable bonds is 0. The second-order valence-corrected chi connectivity index (χ2v) is 3.17. The molecular formula is C9H8S. The van der Waals surface area contributed by atoms with Gasteiger partial charge >= 0.3 is 0 Å². The Morgan fingerprint density at radius 2 is 2.40 bits per heavy atom. The summed E-state index contributed by atoms with van der Waals surface area (Å²) in [6.07, 6.45) is 1.61. The number of hydrogen-bond donors (Lipinski definition) is 0. The number of hydrogen-bond acceptors (Lipinski definition) is 1. The normalized spacial score (nSPS) is 8.10. The van der Waals surface area contributed by atoms with Gasteiger partial charge in [-0.3, -0.25) is 0 Å². The van der Waals surface area contributed by atoms with Crippen LogP contribution >= 0.6 is 11.3 Å². The molecule has 0 bridgehead atoms. The van der Waals surface area contributed by atoms with Crippen molar-refractivity contribution in [2.75, 3.05) is 0 Å². The minimum Gasteiger partial charge on any atom is -0.132 e. The van der Waals surface area contributed by atoms with E-state index >= 15 is 0 Å². The lowest BCUT2D eigenvalue weighted by atomic mass is 10.4. The smallest absolute Gasteiger partial charge is 0.0774 e. The van der Waals surface area contributed by atoms with Crippen LogP contribution in [-0.4, -0.2) is 0 Å². The molecule has 0 aromatic carbocycles. The first-order valence-corrected chi connectivity index (χ1v) is 3.83. The predicted molar refractivity (Wildman–Crippen MR) is 46.1 cm³/mol. The van der Waals surface area contributed by atoms with Crippen LogP contribution in [0.3, 0.4) is 0 Å². The Morgan fingerprint density at radius 1 is 1.60 bits per heavy atom. The Labute approximate surface area is 65.2 Å². The summed E-state index contributed by atoms with van der Waals surface area (Å²) >= 11 is 1.71. The number of thiophene rings is 1. The minimum absolute atomic E-state index is 1.11. The molecule has 0 amide bonds. The lowest BCUT2D eigenvalue weighted by Gasteiger charge is -1.73. The molecule has 1 aromatic rings. The maximum Gasteiger partial charge on any atom is 0.0774 e. The summed E-state index contributed by atoms with van der Waals surface area (Å²) in [4.78, 5) is 2.41. The van der Waals surface area contributed by atoms with Crippen molar-refractivity contribution in [2.24, 2.45) is 0 Å². The zero-order valence-corrected chi connectivity index (χ0v) is 6.66. The van der Waals surface area contributed by atoms with Crippen molar-refractivity contribution in [1.29, 1.82) is 0 Å². The van der Waals surface area contributed by atoms with Crippen molar-refractivity contribution in [3.05, 3.63) is 34.5 Å². The highest BCUT2D eigenvalue weighted by molar-refractivity contribution is 7.12. The van der Waals surface area contributed by atoms with Crippen LogP contribution in [0.25, 0.3) is 0 Å². The second kappa shape index (κ2) is 3.24. The third kappa shape index (κ3) is 1.75. The van der Waals surface area contributed by atoms with Gasteiger partial charge in [-0.05, 0) is 25.1 Å². The first-order chi connectivity index (χ1) is 4.83. The molecule has 0 saturated heterocycles. The SMILES string of the molecule is C=CC#Cc1ccc(C)s1. The van der Waals surface area contributed by atoms with E-state index in [2.05, 4.69) is 31.4 Å². The highest BCUT2D eigenvalue weighted by Crippen LogP contribution is 2.12. The molecule has 0 saturated carbocycles. The van der Waals surface area contributed by atoms with Gasteiger partial charge in [-0.1, -0.05) is 18.4 Å². The summed E-state index contributed by atoms with van der Waals surface area (Å²) in [7, 11) is 0. The van der Waals surface area contributed by atoms with Crippen LogP contribution in [0.2, 0.25) is 0 Å². The van der Waals surface area contributed by atoms with Gasteiger partial charge in [0.2, 0.25) is 0 Å². The Morgan fingerprint density at radius 3 is 2.90 bits per heavy atom. The van der Waals surface area contributed by atoms with Crippen LogP contribution in [0, 0.1) is 18.8 Å². The van der Waals surface area contributed by atoms with Crippen LogP contribution < -0.4 is 0 Å². The van der Waals surface area contributed by atoms with Gasteiger partial charge in [-0.25, -0.2) is 0 Å². The molecule has 0 N–H and O–H groups in total. The lowest BCUT2D eigenvalue weighted by molar-refractivity contribution is 1.64. The van der Waals surface area contributed by atoms with E-state index in [0.29, 0.717) is 0 Å². The van der Waals surface area contributed by atoms with E-state index in [1.54, 1.807) is 17.4 Å². The molecule has 0 nitrogen and oxygen atoms in total. The quantitative estimate of drug-likeness (QED) is 0.496. The molecule has 50 valence electrons. The first-order valence-electron chi connectivity index (χ1n) is 3.02. The van der Waals surface area contributed by atoms with Crippen molar-refractivity contribution in [3.8, 4) is 11.8 Å². The summed E-state index contributed by atoms with van der Waals surface area (Å²) in [6.45, 7) is 5.59.